The van der Waals surface area contributed by atoms with Crippen molar-refractivity contribution in [3.05, 3.63) is 29.0 Å². The maximum atomic E-state index is 12.6. The molecule has 1 aromatic carbocycles. The quantitative estimate of drug-likeness (QED) is 0.700. The Hall–Kier alpha value is -1.89. The average Bonchev–Trinajstić information content (AvgIpc) is 3.31. The van der Waals surface area contributed by atoms with Crippen LogP contribution in [-0.2, 0) is 4.74 Å². The van der Waals surface area contributed by atoms with Crippen molar-refractivity contribution in [1.29, 1.82) is 0 Å². The van der Waals surface area contributed by atoms with E-state index in [1.807, 2.05) is 37.8 Å². The molecule has 1 aromatic heterocycles. The molecule has 26 heavy (non-hydrogen) atoms. The Morgan fingerprint density at radius 1 is 1.23 bits per heavy atom. The van der Waals surface area contributed by atoms with Gasteiger partial charge in [0.1, 0.15) is 17.7 Å². The Labute approximate surface area is 161 Å². The summed E-state index contributed by atoms with van der Waals surface area (Å²) in [5, 5.41) is 1.03. The molecule has 1 aliphatic carbocycles. The lowest BCUT2D eigenvalue weighted by molar-refractivity contribution is 0.0106. The minimum Gasteiger partial charge on any atom is -0.444 e. The van der Waals surface area contributed by atoms with Crippen molar-refractivity contribution in [2.45, 2.75) is 44.8 Å². The molecular weight excluding hydrogens is 396 g/mol. The number of carbonyl (C=O) groups is 1. The molecule has 0 unspecified atom stereocenters. The van der Waals surface area contributed by atoms with Crippen molar-refractivity contribution >= 4 is 38.7 Å². The highest BCUT2D eigenvalue weighted by Crippen LogP contribution is 2.46. The Morgan fingerprint density at radius 3 is 2.69 bits per heavy atom. The number of halogens is 1. The molecule has 0 radical (unpaired) electrons. The van der Waals surface area contributed by atoms with Gasteiger partial charge >= 0.3 is 6.09 Å². The number of nitrogens with zero attached hydrogens (tertiary/aromatic N) is 4. The zero-order valence-corrected chi connectivity index (χ0v) is 16.9. The van der Waals surface area contributed by atoms with Crippen LogP contribution >= 0.6 is 15.9 Å². The van der Waals surface area contributed by atoms with E-state index in [0.29, 0.717) is 6.54 Å². The first-order chi connectivity index (χ1) is 12.3. The summed E-state index contributed by atoms with van der Waals surface area (Å²) in [6, 6.07) is 6.04. The van der Waals surface area contributed by atoms with Crippen LogP contribution in [0.25, 0.3) is 10.9 Å². The number of anilines is 1. The lowest BCUT2D eigenvalue weighted by Gasteiger charge is -2.43. The molecule has 2 aromatic rings. The van der Waals surface area contributed by atoms with Crippen molar-refractivity contribution in [3.8, 4) is 0 Å². The molecule has 0 N–H and O–H groups in total. The van der Waals surface area contributed by atoms with Crippen LogP contribution in [0.15, 0.2) is 29.0 Å². The number of hydrogen-bond acceptors (Lipinski definition) is 5. The van der Waals surface area contributed by atoms with E-state index in [4.69, 9.17) is 4.74 Å². The molecule has 1 amide bonds. The van der Waals surface area contributed by atoms with Gasteiger partial charge < -0.3 is 9.64 Å². The number of fused-ring (bicyclic) bond motifs is 1. The average molecular weight is 419 g/mol. The van der Waals surface area contributed by atoms with Crippen LogP contribution in [0.3, 0.4) is 0 Å². The monoisotopic (exact) mass is 418 g/mol. The van der Waals surface area contributed by atoms with E-state index in [1.54, 1.807) is 6.33 Å². The molecule has 1 saturated heterocycles. The molecule has 138 valence electrons. The number of ether oxygens (including phenoxy) is 1. The predicted molar refractivity (Wildman–Crippen MR) is 104 cm³/mol. The highest BCUT2D eigenvalue weighted by Gasteiger charge is 2.54. The zero-order chi connectivity index (χ0) is 18.5. The summed E-state index contributed by atoms with van der Waals surface area (Å²) in [5.74, 6) is 0.936. The van der Waals surface area contributed by atoms with Crippen LogP contribution in [0.4, 0.5) is 10.6 Å². The van der Waals surface area contributed by atoms with Crippen LogP contribution in [-0.4, -0.2) is 51.7 Å². The van der Waals surface area contributed by atoms with Crippen molar-refractivity contribution in [2.75, 3.05) is 24.5 Å². The minimum absolute atomic E-state index is 0.121. The predicted octanol–water partition coefficient (Wildman–Crippen LogP) is 3.98. The van der Waals surface area contributed by atoms with E-state index in [9.17, 15) is 4.79 Å². The van der Waals surface area contributed by atoms with E-state index in [2.05, 4.69) is 36.9 Å². The molecule has 2 fully saturated rings. The van der Waals surface area contributed by atoms with E-state index < -0.39 is 5.60 Å². The fraction of sp³-hybridized carbons (Fsp3) is 0.526. The number of carbonyl (C=O) groups excluding carboxylic acids is 1. The molecular formula is C19H23BrN4O2. The minimum atomic E-state index is -0.473. The summed E-state index contributed by atoms with van der Waals surface area (Å²) in [6.45, 7) is 7.89. The van der Waals surface area contributed by atoms with Crippen LogP contribution in [0.2, 0.25) is 0 Å². The van der Waals surface area contributed by atoms with Crippen LogP contribution in [0.1, 0.15) is 33.6 Å². The van der Waals surface area contributed by atoms with Crippen molar-refractivity contribution in [3.63, 3.8) is 0 Å². The number of aromatic nitrogens is 2. The van der Waals surface area contributed by atoms with Gasteiger partial charge in [-0.05, 0) is 51.8 Å². The second kappa shape index (κ2) is 6.08. The van der Waals surface area contributed by atoms with Gasteiger partial charge in [0.25, 0.3) is 0 Å². The highest BCUT2D eigenvalue weighted by molar-refractivity contribution is 9.10. The standard InChI is InChI=1S/C19H23BrN4O2/c1-18(2,3)26-17(25)24-9-8-23(11-19(24)6-7-19)16-14-10-13(20)4-5-15(14)21-12-22-16/h4-5,10,12H,6-9,11H2,1-3H3. The van der Waals surface area contributed by atoms with Gasteiger partial charge in [-0.15, -0.1) is 0 Å². The Bertz CT molecular complexity index is 860. The van der Waals surface area contributed by atoms with Gasteiger partial charge in [-0.2, -0.15) is 0 Å². The molecule has 1 spiro atoms. The van der Waals surface area contributed by atoms with Crippen molar-refractivity contribution in [2.24, 2.45) is 0 Å². The van der Waals surface area contributed by atoms with E-state index in [1.165, 1.54) is 0 Å². The normalized spacial score (nSPS) is 19.1. The first-order valence-electron chi connectivity index (χ1n) is 8.93. The zero-order valence-electron chi connectivity index (χ0n) is 15.3. The van der Waals surface area contributed by atoms with E-state index in [0.717, 1.165) is 47.1 Å². The second-order valence-corrected chi connectivity index (χ2v) is 9.05. The summed E-state index contributed by atoms with van der Waals surface area (Å²) in [4.78, 5) is 25.8. The summed E-state index contributed by atoms with van der Waals surface area (Å²) in [6.07, 6.45) is 3.43. The molecule has 1 saturated carbocycles. The molecule has 2 heterocycles. The first kappa shape index (κ1) is 17.5. The van der Waals surface area contributed by atoms with Gasteiger partial charge in [-0.1, -0.05) is 15.9 Å². The van der Waals surface area contributed by atoms with Gasteiger partial charge in [0.05, 0.1) is 11.1 Å². The third-order valence-corrected chi connectivity index (χ3v) is 5.46. The molecule has 4 rings (SSSR count). The van der Waals surface area contributed by atoms with E-state index >= 15 is 0 Å². The molecule has 1 aliphatic heterocycles. The molecule has 2 aliphatic rings. The largest absolute Gasteiger partial charge is 0.444 e. The van der Waals surface area contributed by atoms with Crippen molar-refractivity contribution in [1.82, 2.24) is 14.9 Å². The molecule has 0 bridgehead atoms. The topological polar surface area (TPSA) is 58.6 Å². The number of amides is 1. The van der Waals surface area contributed by atoms with E-state index in [-0.39, 0.29) is 11.6 Å². The van der Waals surface area contributed by atoms with Gasteiger partial charge in [0.2, 0.25) is 0 Å². The summed E-state index contributed by atoms with van der Waals surface area (Å²) in [7, 11) is 0. The third-order valence-electron chi connectivity index (χ3n) is 4.97. The van der Waals surface area contributed by atoms with Gasteiger partial charge in [-0.3, -0.25) is 4.90 Å². The highest BCUT2D eigenvalue weighted by atomic mass is 79.9. The lowest BCUT2D eigenvalue weighted by atomic mass is 10.1. The maximum absolute atomic E-state index is 12.6. The SMILES string of the molecule is CC(C)(C)OC(=O)N1CCN(c2ncnc3ccc(Br)cc23)CC12CC2. The van der Waals surface area contributed by atoms with Crippen LogP contribution < -0.4 is 4.90 Å². The maximum Gasteiger partial charge on any atom is 0.410 e. The summed E-state index contributed by atoms with van der Waals surface area (Å²) >= 11 is 3.54. The molecule has 7 heteroatoms. The second-order valence-electron chi connectivity index (χ2n) is 8.14. The van der Waals surface area contributed by atoms with Gasteiger partial charge in [0, 0.05) is 29.5 Å². The lowest BCUT2D eigenvalue weighted by Crippen LogP contribution is -2.58. The Balaban J connectivity index is 1.60. The third kappa shape index (κ3) is 3.24. The van der Waals surface area contributed by atoms with Gasteiger partial charge in [0.15, 0.2) is 0 Å². The Morgan fingerprint density at radius 2 is 2.00 bits per heavy atom. The van der Waals surface area contributed by atoms with Crippen LogP contribution in [0, 0.1) is 0 Å². The summed E-state index contributed by atoms with van der Waals surface area (Å²) < 4.78 is 6.63. The molecule has 0 atom stereocenters. The number of rotatable bonds is 1. The number of benzene rings is 1. The number of piperazine rings is 1. The molecule has 6 nitrogen and oxygen atoms in total. The van der Waals surface area contributed by atoms with Crippen molar-refractivity contribution < 1.29 is 9.53 Å². The number of hydrogen-bond donors (Lipinski definition) is 0. The fourth-order valence-corrected chi connectivity index (χ4v) is 3.96. The fourth-order valence-electron chi connectivity index (χ4n) is 3.60. The summed E-state index contributed by atoms with van der Waals surface area (Å²) in [5.41, 5.74) is 0.334. The van der Waals surface area contributed by atoms with Crippen LogP contribution in [0.5, 0.6) is 0 Å². The first-order valence-corrected chi connectivity index (χ1v) is 9.73. The smallest absolute Gasteiger partial charge is 0.410 e. The Kier molecular flexibility index (Phi) is 4.10. The van der Waals surface area contributed by atoms with Gasteiger partial charge in [-0.25, -0.2) is 14.8 Å².